The van der Waals surface area contributed by atoms with Gasteiger partial charge in [0.25, 0.3) is 0 Å². The number of aromatic hydroxyl groups is 1. The number of carbonyl (C=O) groups is 1. The van der Waals surface area contributed by atoms with Crippen molar-refractivity contribution in [3.05, 3.63) is 29.8 Å². The van der Waals surface area contributed by atoms with Crippen molar-refractivity contribution < 1.29 is 15.0 Å². The summed E-state index contributed by atoms with van der Waals surface area (Å²) in [6.07, 6.45) is 2.34. The molecule has 0 amide bonds. The Labute approximate surface area is 95.7 Å². The van der Waals surface area contributed by atoms with E-state index in [1.165, 1.54) is 0 Å². The normalized spacial score (nSPS) is 11.4. The van der Waals surface area contributed by atoms with E-state index in [9.17, 15) is 4.79 Å². The predicted molar refractivity (Wildman–Crippen MR) is 62.5 cm³/mol. The van der Waals surface area contributed by atoms with E-state index in [2.05, 4.69) is 0 Å². The molecule has 2 N–H and O–H groups in total. The maximum Gasteiger partial charge on any atom is 0.309 e. The topological polar surface area (TPSA) is 57.5 Å². The lowest BCUT2D eigenvalue weighted by Crippen LogP contribution is -2.23. The van der Waals surface area contributed by atoms with Crippen molar-refractivity contribution >= 4 is 5.97 Å². The number of aliphatic carboxylic acids is 1. The summed E-state index contributed by atoms with van der Waals surface area (Å²) in [5.74, 6) is -0.493. The fraction of sp³-hybridized carbons (Fsp3) is 0.462. The molecule has 1 aromatic carbocycles. The zero-order chi connectivity index (χ0) is 12.2. The molecule has 3 heteroatoms. The fourth-order valence-corrected chi connectivity index (χ4v) is 1.50. The van der Waals surface area contributed by atoms with Crippen LogP contribution in [0.1, 0.15) is 32.3 Å². The first kappa shape index (κ1) is 12.6. The van der Waals surface area contributed by atoms with Crippen molar-refractivity contribution in [3.63, 3.8) is 0 Å². The first-order valence-electron chi connectivity index (χ1n) is 5.43. The van der Waals surface area contributed by atoms with Crippen LogP contribution in [-0.4, -0.2) is 16.2 Å². The van der Waals surface area contributed by atoms with Crippen LogP contribution in [0.4, 0.5) is 0 Å². The van der Waals surface area contributed by atoms with E-state index in [1.54, 1.807) is 26.0 Å². The molecule has 1 rings (SSSR count). The highest BCUT2D eigenvalue weighted by atomic mass is 16.4. The summed E-state index contributed by atoms with van der Waals surface area (Å²) in [5.41, 5.74) is 0.468. The molecular weight excluding hydrogens is 204 g/mol. The Morgan fingerprint density at radius 2 is 1.81 bits per heavy atom. The Bertz CT molecular complexity index is 352. The van der Waals surface area contributed by atoms with Crippen molar-refractivity contribution in [2.75, 3.05) is 0 Å². The van der Waals surface area contributed by atoms with Gasteiger partial charge in [-0.1, -0.05) is 12.1 Å². The van der Waals surface area contributed by atoms with Gasteiger partial charge in [0.05, 0.1) is 5.41 Å². The summed E-state index contributed by atoms with van der Waals surface area (Å²) in [6.45, 7) is 3.48. The number of hydrogen-bond acceptors (Lipinski definition) is 2. The molecule has 88 valence electrons. The molecule has 0 aliphatic carbocycles. The summed E-state index contributed by atoms with van der Waals surface area (Å²) < 4.78 is 0. The molecule has 0 saturated heterocycles. The third-order valence-corrected chi connectivity index (χ3v) is 2.78. The molecule has 3 nitrogen and oxygen atoms in total. The van der Waals surface area contributed by atoms with Crippen molar-refractivity contribution in [1.82, 2.24) is 0 Å². The molecule has 0 aliphatic heterocycles. The fourth-order valence-electron chi connectivity index (χ4n) is 1.50. The molecule has 0 aliphatic rings. The van der Waals surface area contributed by atoms with Gasteiger partial charge in [-0.15, -0.1) is 0 Å². The zero-order valence-corrected chi connectivity index (χ0v) is 9.73. The van der Waals surface area contributed by atoms with E-state index < -0.39 is 11.4 Å². The minimum Gasteiger partial charge on any atom is -0.508 e. The summed E-state index contributed by atoms with van der Waals surface area (Å²) in [7, 11) is 0. The third-order valence-electron chi connectivity index (χ3n) is 2.78. The largest absolute Gasteiger partial charge is 0.508 e. The van der Waals surface area contributed by atoms with E-state index in [0.717, 1.165) is 18.4 Å². The molecule has 0 atom stereocenters. The number of aryl methyl sites for hydroxylation is 1. The Hall–Kier alpha value is -1.51. The van der Waals surface area contributed by atoms with E-state index in [0.29, 0.717) is 6.42 Å². The third kappa shape index (κ3) is 3.57. The molecule has 0 unspecified atom stereocenters. The molecule has 0 fully saturated rings. The Kier molecular flexibility index (Phi) is 3.93. The minimum absolute atomic E-state index is 0.259. The van der Waals surface area contributed by atoms with Crippen LogP contribution in [0.15, 0.2) is 24.3 Å². The highest BCUT2D eigenvalue weighted by Gasteiger charge is 2.25. The SMILES string of the molecule is CC(C)(CCCc1ccc(O)cc1)C(=O)O. The van der Waals surface area contributed by atoms with Gasteiger partial charge in [0.15, 0.2) is 0 Å². The first-order valence-corrected chi connectivity index (χ1v) is 5.43. The van der Waals surface area contributed by atoms with Crippen LogP contribution < -0.4 is 0 Å². The van der Waals surface area contributed by atoms with Gasteiger partial charge >= 0.3 is 5.97 Å². The van der Waals surface area contributed by atoms with Crippen LogP contribution in [0.25, 0.3) is 0 Å². The molecule has 0 bridgehead atoms. The highest BCUT2D eigenvalue weighted by Crippen LogP contribution is 2.23. The standard InChI is InChI=1S/C13H18O3/c1-13(2,12(15)16)9-3-4-10-5-7-11(14)8-6-10/h5-8,14H,3-4,9H2,1-2H3,(H,15,16). The number of phenolic OH excluding ortho intramolecular Hbond substituents is 1. The van der Waals surface area contributed by atoms with Gasteiger partial charge in [0.2, 0.25) is 0 Å². The van der Waals surface area contributed by atoms with Gasteiger partial charge < -0.3 is 10.2 Å². The smallest absolute Gasteiger partial charge is 0.309 e. The summed E-state index contributed by atoms with van der Waals surface area (Å²) in [6, 6.07) is 7.03. The lowest BCUT2D eigenvalue weighted by atomic mass is 9.87. The van der Waals surface area contributed by atoms with Crippen LogP contribution in [0.3, 0.4) is 0 Å². The molecular formula is C13H18O3. The molecule has 1 aromatic rings. The van der Waals surface area contributed by atoms with Gasteiger partial charge in [-0.2, -0.15) is 0 Å². The molecule has 0 spiro atoms. The van der Waals surface area contributed by atoms with Gasteiger partial charge in [0, 0.05) is 0 Å². The molecule has 0 aromatic heterocycles. The van der Waals surface area contributed by atoms with E-state index in [1.807, 2.05) is 12.1 Å². The summed E-state index contributed by atoms with van der Waals surface area (Å²) in [5, 5.41) is 18.0. The van der Waals surface area contributed by atoms with Gasteiger partial charge in [-0.25, -0.2) is 0 Å². The zero-order valence-electron chi connectivity index (χ0n) is 9.73. The Morgan fingerprint density at radius 3 is 2.31 bits per heavy atom. The van der Waals surface area contributed by atoms with Crippen LogP contribution in [0, 0.1) is 5.41 Å². The second kappa shape index (κ2) is 5.01. The number of carboxylic acid groups (broad SMARTS) is 1. The summed E-state index contributed by atoms with van der Waals surface area (Å²) in [4.78, 5) is 10.9. The summed E-state index contributed by atoms with van der Waals surface area (Å²) >= 11 is 0. The van der Waals surface area contributed by atoms with Crippen molar-refractivity contribution in [2.24, 2.45) is 5.41 Å². The van der Waals surface area contributed by atoms with Crippen molar-refractivity contribution in [2.45, 2.75) is 33.1 Å². The Balaban J connectivity index is 2.41. The van der Waals surface area contributed by atoms with Crippen LogP contribution >= 0.6 is 0 Å². The van der Waals surface area contributed by atoms with Crippen LogP contribution in [0.5, 0.6) is 5.75 Å². The van der Waals surface area contributed by atoms with Crippen LogP contribution in [0.2, 0.25) is 0 Å². The first-order chi connectivity index (χ1) is 7.42. The molecule has 0 heterocycles. The number of benzene rings is 1. The lowest BCUT2D eigenvalue weighted by Gasteiger charge is -2.18. The van der Waals surface area contributed by atoms with Crippen molar-refractivity contribution in [1.29, 1.82) is 0 Å². The Morgan fingerprint density at radius 1 is 1.25 bits per heavy atom. The molecule has 0 saturated carbocycles. The average Bonchev–Trinajstić information content (AvgIpc) is 2.20. The minimum atomic E-state index is -0.752. The number of carboxylic acids is 1. The van der Waals surface area contributed by atoms with E-state index >= 15 is 0 Å². The second-order valence-corrected chi connectivity index (χ2v) is 4.71. The van der Waals surface area contributed by atoms with Crippen LogP contribution in [-0.2, 0) is 11.2 Å². The maximum absolute atomic E-state index is 10.9. The van der Waals surface area contributed by atoms with E-state index in [-0.39, 0.29) is 5.75 Å². The second-order valence-electron chi connectivity index (χ2n) is 4.71. The number of rotatable bonds is 5. The average molecular weight is 222 g/mol. The maximum atomic E-state index is 10.9. The predicted octanol–water partition coefficient (Wildman–Crippen LogP) is 2.83. The monoisotopic (exact) mass is 222 g/mol. The number of hydrogen-bond donors (Lipinski definition) is 2. The number of phenols is 1. The van der Waals surface area contributed by atoms with Gasteiger partial charge in [-0.05, 0) is 50.8 Å². The quantitative estimate of drug-likeness (QED) is 0.805. The van der Waals surface area contributed by atoms with Gasteiger partial charge in [0.1, 0.15) is 5.75 Å². The van der Waals surface area contributed by atoms with E-state index in [4.69, 9.17) is 10.2 Å². The van der Waals surface area contributed by atoms with Gasteiger partial charge in [-0.3, -0.25) is 4.79 Å². The molecule has 0 radical (unpaired) electrons. The highest BCUT2D eigenvalue weighted by molar-refractivity contribution is 5.73. The molecule has 16 heavy (non-hydrogen) atoms. The lowest BCUT2D eigenvalue weighted by molar-refractivity contribution is -0.147. The van der Waals surface area contributed by atoms with Crippen molar-refractivity contribution in [3.8, 4) is 5.75 Å².